The molecule has 0 bridgehead atoms. The Morgan fingerprint density at radius 3 is 2.59 bits per heavy atom. The summed E-state index contributed by atoms with van der Waals surface area (Å²) in [5, 5.41) is 3.96. The number of aromatic nitrogens is 1. The molecule has 3 amide bonds. The van der Waals surface area contributed by atoms with Gasteiger partial charge >= 0.3 is 0 Å². The fraction of sp³-hybridized carbons (Fsp3) is 0.367. The number of carbonyl (C=O) groups excluding carboxylic acids is 3. The molecule has 192 valence electrons. The van der Waals surface area contributed by atoms with E-state index in [1.165, 1.54) is 24.2 Å². The first-order valence-electron chi connectivity index (χ1n) is 13.2. The summed E-state index contributed by atoms with van der Waals surface area (Å²) in [7, 11) is 0. The van der Waals surface area contributed by atoms with E-state index in [9.17, 15) is 14.4 Å². The standard InChI is InChI=1S/C30H33N3O3S/c1-2-22-12-9-15-25-23(19-32(28(22)25)20-27(34)31-24-13-7-4-8-14-24)18-26-29(35)33(30(36)37-26)17-16-21-10-5-3-6-11-21/h3,5-6,9-12,15,18-19,24H,2,4,7-8,13-14,16-17,20H2,1H3,(H,31,34)/b26-18-. The fourth-order valence-electron chi connectivity index (χ4n) is 5.38. The molecule has 1 saturated carbocycles. The third-order valence-electron chi connectivity index (χ3n) is 7.30. The van der Waals surface area contributed by atoms with Gasteiger partial charge in [-0.1, -0.05) is 74.7 Å². The number of para-hydroxylation sites is 1. The van der Waals surface area contributed by atoms with E-state index in [2.05, 4.69) is 18.3 Å². The summed E-state index contributed by atoms with van der Waals surface area (Å²) in [6, 6.07) is 16.2. The van der Waals surface area contributed by atoms with Gasteiger partial charge in [-0.3, -0.25) is 19.3 Å². The van der Waals surface area contributed by atoms with E-state index < -0.39 is 0 Å². The van der Waals surface area contributed by atoms with Crippen molar-refractivity contribution in [3.8, 4) is 0 Å². The number of imide groups is 1. The molecule has 1 aromatic heterocycles. The number of hydrogen-bond donors (Lipinski definition) is 1. The summed E-state index contributed by atoms with van der Waals surface area (Å²) in [4.78, 5) is 40.5. The van der Waals surface area contributed by atoms with Crippen LogP contribution in [0.1, 0.15) is 55.7 Å². The Labute approximate surface area is 222 Å². The minimum atomic E-state index is -0.256. The zero-order valence-corrected chi connectivity index (χ0v) is 22.1. The van der Waals surface area contributed by atoms with Crippen molar-refractivity contribution in [2.24, 2.45) is 0 Å². The van der Waals surface area contributed by atoms with Crippen LogP contribution in [0.3, 0.4) is 0 Å². The smallest absolute Gasteiger partial charge is 0.293 e. The van der Waals surface area contributed by atoms with Gasteiger partial charge in [0.25, 0.3) is 11.1 Å². The molecule has 7 heteroatoms. The molecule has 6 nitrogen and oxygen atoms in total. The SMILES string of the molecule is CCc1cccc2c(/C=C3\SC(=O)N(CCc4ccccc4)C3=O)cn(CC(=O)NC3CCCCC3)c12. The van der Waals surface area contributed by atoms with Crippen LogP contribution in [-0.4, -0.2) is 39.1 Å². The lowest BCUT2D eigenvalue weighted by Crippen LogP contribution is -2.38. The number of carbonyl (C=O) groups is 3. The van der Waals surface area contributed by atoms with Gasteiger partial charge in [0.2, 0.25) is 5.91 Å². The molecule has 2 heterocycles. The first kappa shape index (κ1) is 25.3. The van der Waals surface area contributed by atoms with Crippen molar-refractivity contribution in [1.29, 1.82) is 0 Å². The highest BCUT2D eigenvalue weighted by Crippen LogP contribution is 2.35. The molecule has 2 fully saturated rings. The number of benzene rings is 2. The highest BCUT2D eigenvalue weighted by atomic mass is 32.2. The summed E-state index contributed by atoms with van der Waals surface area (Å²) in [6.07, 6.45) is 10.9. The number of hydrogen-bond acceptors (Lipinski definition) is 4. The van der Waals surface area contributed by atoms with Crippen molar-refractivity contribution in [2.75, 3.05) is 6.54 Å². The van der Waals surface area contributed by atoms with Crippen LogP contribution in [0.2, 0.25) is 0 Å². The van der Waals surface area contributed by atoms with Gasteiger partial charge in [-0.05, 0) is 54.6 Å². The van der Waals surface area contributed by atoms with Gasteiger partial charge in [0, 0.05) is 29.7 Å². The lowest BCUT2D eigenvalue weighted by molar-refractivity contribution is -0.123. The van der Waals surface area contributed by atoms with E-state index in [0.717, 1.165) is 58.6 Å². The van der Waals surface area contributed by atoms with Gasteiger partial charge in [-0.2, -0.15) is 0 Å². The van der Waals surface area contributed by atoms with Crippen molar-refractivity contribution >= 4 is 45.8 Å². The van der Waals surface area contributed by atoms with Crippen molar-refractivity contribution in [3.63, 3.8) is 0 Å². The van der Waals surface area contributed by atoms with Crippen molar-refractivity contribution in [3.05, 3.63) is 76.3 Å². The Balaban J connectivity index is 1.38. The van der Waals surface area contributed by atoms with Gasteiger partial charge in [-0.25, -0.2) is 0 Å². The molecule has 0 atom stereocenters. The lowest BCUT2D eigenvalue weighted by Gasteiger charge is -2.23. The van der Waals surface area contributed by atoms with E-state index in [0.29, 0.717) is 17.9 Å². The number of thioether (sulfide) groups is 1. The van der Waals surface area contributed by atoms with Crippen LogP contribution in [0.4, 0.5) is 4.79 Å². The summed E-state index contributed by atoms with van der Waals surface area (Å²) in [5.74, 6) is -0.240. The number of fused-ring (bicyclic) bond motifs is 1. The third-order valence-corrected chi connectivity index (χ3v) is 8.21. The van der Waals surface area contributed by atoms with E-state index in [-0.39, 0.29) is 29.6 Å². The van der Waals surface area contributed by atoms with Crippen molar-refractivity contribution < 1.29 is 14.4 Å². The van der Waals surface area contributed by atoms with E-state index in [1.807, 2.05) is 59.3 Å². The van der Waals surface area contributed by atoms with E-state index >= 15 is 0 Å². The Morgan fingerprint density at radius 2 is 1.84 bits per heavy atom. The molecule has 0 unspecified atom stereocenters. The normalized spacial score (nSPS) is 17.8. The maximum absolute atomic E-state index is 13.2. The first-order valence-corrected chi connectivity index (χ1v) is 14.0. The molecule has 37 heavy (non-hydrogen) atoms. The Bertz CT molecular complexity index is 1340. The minimum absolute atomic E-state index is 0.0162. The average Bonchev–Trinajstić information content (AvgIpc) is 3.39. The number of aryl methyl sites for hydroxylation is 1. The number of rotatable bonds is 8. The summed E-state index contributed by atoms with van der Waals surface area (Å²) >= 11 is 0.987. The molecule has 3 aromatic rings. The van der Waals surface area contributed by atoms with Crippen LogP contribution in [0.25, 0.3) is 17.0 Å². The molecular formula is C30H33N3O3S. The summed E-state index contributed by atoms with van der Waals surface area (Å²) < 4.78 is 2.00. The second-order valence-electron chi connectivity index (χ2n) is 9.85. The summed E-state index contributed by atoms with van der Waals surface area (Å²) in [5.41, 5.74) is 4.11. The number of nitrogens with one attached hydrogen (secondary N) is 1. The maximum Gasteiger partial charge on any atom is 0.293 e. The predicted octanol–water partition coefficient (Wildman–Crippen LogP) is 5.93. The number of amides is 3. The highest BCUT2D eigenvalue weighted by molar-refractivity contribution is 8.18. The van der Waals surface area contributed by atoms with Crippen LogP contribution < -0.4 is 5.32 Å². The molecule has 1 aliphatic heterocycles. The van der Waals surface area contributed by atoms with Crippen molar-refractivity contribution in [2.45, 2.75) is 64.5 Å². The monoisotopic (exact) mass is 515 g/mol. The fourth-order valence-corrected chi connectivity index (χ4v) is 6.24. The maximum atomic E-state index is 13.2. The number of nitrogens with zero attached hydrogens (tertiary/aromatic N) is 2. The molecule has 5 rings (SSSR count). The first-order chi connectivity index (χ1) is 18.0. The quantitative estimate of drug-likeness (QED) is 0.378. The molecule has 2 aromatic carbocycles. The second kappa shape index (κ2) is 11.4. The van der Waals surface area contributed by atoms with Gasteiger partial charge < -0.3 is 9.88 Å². The predicted molar refractivity (Wildman–Crippen MR) is 149 cm³/mol. The molecule has 2 aliphatic rings. The molecule has 1 N–H and O–H groups in total. The molecule has 1 aliphatic carbocycles. The lowest BCUT2D eigenvalue weighted by atomic mass is 9.95. The molecule has 0 radical (unpaired) electrons. The molecule has 1 saturated heterocycles. The van der Waals surface area contributed by atoms with Gasteiger partial charge in [-0.15, -0.1) is 0 Å². The van der Waals surface area contributed by atoms with Crippen LogP contribution in [0.15, 0.2) is 59.6 Å². The van der Waals surface area contributed by atoms with Gasteiger partial charge in [0.05, 0.1) is 10.4 Å². The van der Waals surface area contributed by atoms with Crippen molar-refractivity contribution in [1.82, 2.24) is 14.8 Å². The zero-order chi connectivity index (χ0) is 25.8. The molecular weight excluding hydrogens is 482 g/mol. The Morgan fingerprint density at radius 1 is 1.05 bits per heavy atom. The van der Waals surface area contributed by atoms with Crippen LogP contribution in [0.5, 0.6) is 0 Å². The largest absolute Gasteiger partial charge is 0.352 e. The van der Waals surface area contributed by atoms with Crippen LogP contribution in [0, 0.1) is 0 Å². The third kappa shape index (κ3) is 5.67. The van der Waals surface area contributed by atoms with E-state index in [4.69, 9.17) is 0 Å². The van der Waals surface area contributed by atoms with E-state index in [1.54, 1.807) is 0 Å². The Hall–Kier alpha value is -3.32. The Kier molecular flexibility index (Phi) is 7.79. The zero-order valence-electron chi connectivity index (χ0n) is 21.2. The molecule has 0 spiro atoms. The summed E-state index contributed by atoms with van der Waals surface area (Å²) in [6.45, 7) is 2.69. The highest BCUT2D eigenvalue weighted by Gasteiger charge is 2.35. The average molecular weight is 516 g/mol. The topological polar surface area (TPSA) is 71.4 Å². The van der Waals surface area contributed by atoms with Crippen LogP contribution >= 0.6 is 11.8 Å². The minimum Gasteiger partial charge on any atom is -0.352 e. The van der Waals surface area contributed by atoms with Crippen LogP contribution in [-0.2, 0) is 29.0 Å². The van der Waals surface area contributed by atoms with Gasteiger partial charge in [0.1, 0.15) is 6.54 Å². The second-order valence-corrected chi connectivity index (χ2v) is 10.8. The van der Waals surface area contributed by atoms with Gasteiger partial charge in [0.15, 0.2) is 0 Å².